The van der Waals surface area contributed by atoms with Crippen molar-refractivity contribution in [3.8, 4) is 6.07 Å². The van der Waals surface area contributed by atoms with Gasteiger partial charge in [0.05, 0.1) is 18.7 Å². The summed E-state index contributed by atoms with van der Waals surface area (Å²) in [5.74, 6) is -0.172. The van der Waals surface area contributed by atoms with Gasteiger partial charge in [0.1, 0.15) is 6.04 Å². The summed E-state index contributed by atoms with van der Waals surface area (Å²) in [6, 6.07) is 9.22. The molecule has 0 unspecified atom stereocenters. The first-order valence-corrected chi connectivity index (χ1v) is 9.52. The average Bonchev–Trinajstić information content (AvgIpc) is 2.64. The molecule has 2 amide bonds. The molecular weight excluding hydrogens is 326 g/mol. The third kappa shape index (κ3) is 3.47. The molecule has 5 heteroatoms. The van der Waals surface area contributed by atoms with Crippen molar-refractivity contribution in [2.45, 2.75) is 63.1 Å². The third-order valence-corrected chi connectivity index (χ3v) is 5.60. The monoisotopic (exact) mass is 353 g/mol. The van der Waals surface area contributed by atoms with Gasteiger partial charge in [0.25, 0.3) is 0 Å². The van der Waals surface area contributed by atoms with Gasteiger partial charge in [-0.15, -0.1) is 0 Å². The van der Waals surface area contributed by atoms with E-state index in [0.717, 1.165) is 36.8 Å². The van der Waals surface area contributed by atoms with Crippen LogP contribution in [0.2, 0.25) is 0 Å². The maximum atomic E-state index is 12.8. The Balaban J connectivity index is 1.80. The fourth-order valence-electron chi connectivity index (χ4n) is 4.30. The van der Waals surface area contributed by atoms with Gasteiger partial charge in [-0.2, -0.15) is 5.26 Å². The van der Waals surface area contributed by atoms with E-state index in [9.17, 15) is 15.2 Å². The van der Waals surface area contributed by atoms with E-state index in [2.05, 4.69) is 11.4 Å². The van der Waals surface area contributed by atoms with Gasteiger partial charge < -0.3 is 15.3 Å². The lowest BCUT2D eigenvalue weighted by Crippen LogP contribution is -2.68. The number of hydrogen-bond acceptors (Lipinski definition) is 3. The number of nitriles is 1. The average molecular weight is 353 g/mol. The molecule has 1 aromatic carbocycles. The summed E-state index contributed by atoms with van der Waals surface area (Å²) < 4.78 is 0. The van der Waals surface area contributed by atoms with Crippen LogP contribution < -0.4 is 5.32 Å². The topological polar surface area (TPSA) is 76.4 Å². The second-order valence-corrected chi connectivity index (χ2v) is 7.17. The summed E-state index contributed by atoms with van der Waals surface area (Å²) in [5.41, 5.74) is 2.05. The molecule has 0 spiro atoms. The SMILES string of the molecule is C/C=C/c1ccccc1[C@@H]1[C@@H](CO)N(C(=O)NC2CCCCC2)[C@H]1C#N. The number of amides is 2. The maximum absolute atomic E-state index is 12.8. The smallest absolute Gasteiger partial charge is 0.319 e. The molecule has 1 aliphatic carbocycles. The second kappa shape index (κ2) is 8.37. The molecule has 2 N–H and O–H groups in total. The Labute approximate surface area is 155 Å². The maximum Gasteiger partial charge on any atom is 0.319 e. The van der Waals surface area contributed by atoms with E-state index >= 15 is 0 Å². The molecular formula is C21H27N3O2. The van der Waals surface area contributed by atoms with E-state index in [4.69, 9.17) is 0 Å². The van der Waals surface area contributed by atoms with Gasteiger partial charge in [-0.25, -0.2) is 4.79 Å². The molecule has 1 aromatic rings. The quantitative estimate of drug-likeness (QED) is 0.871. The molecule has 1 heterocycles. The van der Waals surface area contributed by atoms with Gasteiger partial charge >= 0.3 is 6.03 Å². The van der Waals surface area contributed by atoms with Crippen LogP contribution in [0.4, 0.5) is 4.79 Å². The predicted molar refractivity (Wildman–Crippen MR) is 101 cm³/mol. The van der Waals surface area contributed by atoms with Crippen molar-refractivity contribution in [3.05, 3.63) is 41.5 Å². The highest BCUT2D eigenvalue weighted by Gasteiger charge is 2.52. The van der Waals surface area contributed by atoms with E-state index in [-0.39, 0.29) is 30.6 Å². The number of benzene rings is 1. The van der Waals surface area contributed by atoms with Gasteiger partial charge in [0.15, 0.2) is 0 Å². The molecule has 2 fully saturated rings. The normalized spacial score (nSPS) is 26.3. The number of likely N-dealkylation sites (tertiary alicyclic amines) is 1. The van der Waals surface area contributed by atoms with Gasteiger partial charge in [-0.1, -0.05) is 55.7 Å². The molecule has 1 aliphatic heterocycles. The lowest BCUT2D eigenvalue weighted by Gasteiger charge is -2.52. The Bertz CT molecular complexity index is 703. The predicted octanol–water partition coefficient (Wildman–Crippen LogP) is 3.41. The van der Waals surface area contributed by atoms with E-state index in [0.29, 0.717) is 0 Å². The fraction of sp³-hybridized carbons (Fsp3) is 0.524. The number of carbonyl (C=O) groups is 1. The zero-order chi connectivity index (χ0) is 18.5. The van der Waals surface area contributed by atoms with Crippen LogP contribution >= 0.6 is 0 Å². The Hall–Kier alpha value is -2.32. The summed E-state index contributed by atoms with van der Waals surface area (Å²) in [4.78, 5) is 14.3. The van der Waals surface area contributed by atoms with Crippen LogP contribution in [0.3, 0.4) is 0 Å². The van der Waals surface area contributed by atoms with Crippen LogP contribution in [-0.2, 0) is 0 Å². The minimum atomic E-state index is -0.554. The largest absolute Gasteiger partial charge is 0.394 e. The molecule has 0 bridgehead atoms. The molecule has 0 radical (unpaired) electrons. The number of nitrogens with zero attached hydrogens (tertiary/aromatic N) is 2. The number of rotatable bonds is 4. The second-order valence-electron chi connectivity index (χ2n) is 7.17. The lowest BCUT2D eigenvalue weighted by molar-refractivity contribution is 0.0152. The molecule has 1 saturated carbocycles. The number of aliphatic hydroxyl groups is 1. The zero-order valence-electron chi connectivity index (χ0n) is 15.3. The number of urea groups is 1. The number of nitrogens with one attached hydrogen (secondary N) is 1. The Morgan fingerprint density at radius 2 is 2.08 bits per heavy atom. The van der Waals surface area contributed by atoms with Crippen LogP contribution in [0.5, 0.6) is 0 Å². The van der Waals surface area contributed by atoms with Crippen molar-refractivity contribution in [2.24, 2.45) is 0 Å². The van der Waals surface area contributed by atoms with Crippen LogP contribution in [-0.4, -0.2) is 40.8 Å². The summed E-state index contributed by atoms with van der Waals surface area (Å²) >= 11 is 0. The Kier molecular flexibility index (Phi) is 5.95. The molecule has 26 heavy (non-hydrogen) atoms. The van der Waals surface area contributed by atoms with Crippen molar-refractivity contribution in [3.63, 3.8) is 0 Å². The molecule has 2 aliphatic rings. The summed E-state index contributed by atoms with van der Waals surface area (Å²) in [7, 11) is 0. The van der Waals surface area contributed by atoms with Gasteiger partial charge in [0, 0.05) is 12.0 Å². The number of carbonyl (C=O) groups excluding carboxylic acids is 1. The molecule has 5 nitrogen and oxygen atoms in total. The van der Waals surface area contributed by atoms with Crippen molar-refractivity contribution < 1.29 is 9.90 Å². The van der Waals surface area contributed by atoms with Crippen LogP contribution in [0.1, 0.15) is 56.1 Å². The minimum Gasteiger partial charge on any atom is -0.394 e. The molecule has 0 aromatic heterocycles. The summed E-state index contributed by atoms with van der Waals surface area (Å²) in [6.07, 6.45) is 9.44. The highest BCUT2D eigenvalue weighted by atomic mass is 16.3. The zero-order valence-corrected chi connectivity index (χ0v) is 15.3. The highest BCUT2D eigenvalue weighted by molar-refractivity contribution is 5.78. The highest BCUT2D eigenvalue weighted by Crippen LogP contribution is 2.42. The van der Waals surface area contributed by atoms with Crippen molar-refractivity contribution in [1.29, 1.82) is 5.26 Å². The van der Waals surface area contributed by atoms with Crippen LogP contribution in [0.25, 0.3) is 6.08 Å². The van der Waals surface area contributed by atoms with Crippen LogP contribution in [0.15, 0.2) is 30.3 Å². The summed E-state index contributed by atoms with van der Waals surface area (Å²) in [5, 5.41) is 22.7. The van der Waals surface area contributed by atoms with Crippen molar-refractivity contribution >= 4 is 12.1 Å². The Morgan fingerprint density at radius 1 is 1.35 bits per heavy atom. The standard InChI is InChI=1S/C21H27N3O2/c1-2-8-15-9-6-7-12-17(15)20-18(13-22)24(19(20)14-25)21(26)23-16-10-4-3-5-11-16/h2,6-9,12,16,18-20,25H,3-5,10-11,14H2,1H3,(H,23,26)/b8-2+/t18-,19+,20-/m0/s1. The molecule has 3 atom stereocenters. The van der Waals surface area contributed by atoms with Crippen molar-refractivity contribution in [2.75, 3.05) is 6.61 Å². The third-order valence-electron chi connectivity index (χ3n) is 5.60. The minimum absolute atomic E-state index is 0.148. The number of hydrogen-bond donors (Lipinski definition) is 2. The Morgan fingerprint density at radius 3 is 2.73 bits per heavy atom. The van der Waals surface area contributed by atoms with E-state index in [1.807, 2.05) is 43.3 Å². The first-order valence-electron chi connectivity index (χ1n) is 9.52. The van der Waals surface area contributed by atoms with E-state index in [1.165, 1.54) is 11.3 Å². The van der Waals surface area contributed by atoms with E-state index < -0.39 is 6.04 Å². The molecule has 3 rings (SSSR count). The van der Waals surface area contributed by atoms with Crippen molar-refractivity contribution in [1.82, 2.24) is 10.2 Å². The number of aliphatic hydroxyl groups excluding tert-OH is 1. The molecule has 138 valence electrons. The lowest BCUT2D eigenvalue weighted by atomic mass is 9.74. The van der Waals surface area contributed by atoms with Gasteiger partial charge in [-0.05, 0) is 30.9 Å². The van der Waals surface area contributed by atoms with Gasteiger partial charge in [-0.3, -0.25) is 0 Å². The number of allylic oxidation sites excluding steroid dienone is 1. The van der Waals surface area contributed by atoms with Crippen LogP contribution in [0, 0.1) is 11.3 Å². The first kappa shape index (κ1) is 18.5. The van der Waals surface area contributed by atoms with Gasteiger partial charge in [0.2, 0.25) is 0 Å². The van der Waals surface area contributed by atoms with E-state index in [1.54, 1.807) is 0 Å². The fourth-order valence-corrected chi connectivity index (χ4v) is 4.30. The summed E-state index contributed by atoms with van der Waals surface area (Å²) in [6.45, 7) is 1.80. The first-order chi connectivity index (χ1) is 12.7. The molecule has 1 saturated heterocycles.